The fraction of sp³-hybridized carbons (Fsp3) is 0.714. The number of carbonyl (C=O) groups excluding carboxylic acids is 2. The molecule has 32 heavy (non-hydrogen) atoms. The van der Waals surface area contributed by atoms with Crippen LogP contribution in [0.15, 0.2) is 15.8 Å². The number of rotatable bonds is 6. The van der Waals surface area contributed by atoms with Crippen molar-refractivity contribution in [1.29, 1.82) is 0 Å². The average molecular weight is 450 g/mol. The summed E-state index contributed by atoms with van der Waals surface area (Å²) in [6.45, 7) is 6.69. The van der Waals surface area contributed by atoms with E-state index in [9.17, 15) is 19.2 Å². The fourth-order valence-corrected chi connectivity index (χ4v) is 4.54. The predicted octanol–water partition coefficient (Wildman–Crippen LogP) is -0.566. The van der Waals surface area contributed by atoms with Crippen molar-refractivity contribution in [2.24, 2.45) is 0 Å². The van der Waals surface area contributed by atoms with Gasteiger partial charge < -0.3 is 24.4 Å². The van der Waals surface area contributed by atoms with Crippen LogP contribution < -0.4 is 16.6 Å². The van der Waals surface area contributed by atoms with Gasteiger partial charge in [-0.3, -0.25) is 23.9 Å². The summed E-state index contributed by atoms with van der Waals surface area (Å²) < 4.78 is 19.6. The van der Waals surface area contributed by atoms with Crippen molar-refractivity contribution in [2.45, 2.75) is 70.2 Å². The molecular formula is C21H30N4O7. The summed E-state index contributed by atoms with van der Waals surface area (Å²) in [6.07, 6.45) is 1.65. The number of hydrogen-bond donors (Lipinski definition) is 2. The summed E-state index contributed by atoms with van der Waals surface area (Å²) in [6, 6.07) is -0.488. The van der Waals surface area contributed by atoms with Gasteiger partial charge in [-0.2, -0.15) is 0 Å². The van der Waals surface area contributed by atoms with E-state index in [1.54, 1.807) is 25.7 Å². The first-order chi connectivity index (χ1) is 15.1. The number of aromatic amines is 1. The molecule has 1 aromatic heterocycles. The number of aromatic nitrogens is 2. The molecule has 4 rings (SSSR count). The second-order valence-corrected chi connectivity index (χ2v) is 9.02. The van der Waals surface area contributed by atoms with Gasteiger partial charge in [0.15, 0.2) is 5.79 Å². The van der Waals surface area contributed by atoms with E-state index in [4.69, 9.17) is 14.2 Å². The lowest BCUT2D eigenvalue weighted by atomic mass is 9.97. The van der Waals surface area contributed by atoms with Gasteiger partial charge in [0.25, 0.3) is 5.56 Å². The number of H-pyrrole nitrogens is 1. The van der Waals surface area contributed by atoms with Gasteiger partial charge in [0, 0.05) is 44.2 Å². The van der Waals surface area contributed by atoms with E-state index in [-0.39, 0.29) is 31.4 Å². The van der Waals surface area contributed by atoms with Crippen molar-refractivity contribution in [2.75, 3.05) is 26.2 Å². The smallest absolute Gasteiger partial charge is 0.328 e. The lowest BCUT2D eigenvalue weighted by Gasteiger charge is -2.37. The molecule has 11 nitrogen and oxygen atoms in total. The van der Waals surface area contributed by atoms with Gasteiger partial charge in [0.05, 0.1) is 12.6 Å². The molecule has 0 unspecified atom stereocenters. The van der Waals surface area contributed by atoms with Crippen LogP contribution in [0.25, 0.3) is 0 Å². The van der Waals surface area contributed by atoms with E-state index >= 15 is 0 Å². The first kappa shape index (κ1) is 22.7. The van der Waals surface area contributed by atoms with Crippen LogP contribution >= 0.6 is 0 Å². The number of fused-ring (bicyclic) bond motifs is 1. The summed E-state index contributed by atoms with van der Waals surface area (Å²) in [5, 5.41) is 2.86. The maximum Gasteiger partial charge on any atom is 0.328 e. The number of aryl methyl sites for hydroxylation is 1. The summed E-state index contributed by atoms with van der Waals surface area (Å²) in [5.41, 5.74) is -0.561. The van der Waals surface area contributed by atoms with Crippen LogP contribution in [-0.2, 0) is 23.8 Å². The molecule has 3 saturated heterocycles. The zero-order valence-corrected chi connectivity index (χ0v) is 18.6. The molecule has 11 heteroatoms. The Morgan fingerprint density at radius 1 is 1.25 bits per heavy atom. The van der Waals surface area contributed by atoms with Gasteiger partial charge in [-0.05, 0) is 27.2 Å². The van der Waals surface area contributed by atoms with Crippen LogP contribution in [0.3, 0.4) is 0 Å². The Kier molecular flexibility index (Phi) is 6.24. The molecule has 0 aliphatic carbocycles. The van der Waals surface area contributed by atoms with Gasteiger partial charge >= 0.3 is 5.69 Å². The molecule has 4 atom stereocenters. The Morgan fingerprint density at radius 2 is 2.00 bits per heavy atom. The fourth-order valence-electron chi connectivity index (χ4n) is 4.54. The number of amides is 2. The van der Waals surface area contributed by atoms with Gasteiger partial charge in [-0.1, -0.05) is 0 Å². The molecule has 2 amide bonds. The quantitative estimate of drug-likeness (QED) is 0.593. The minimum Gasteiger partial charge on any atom is -0.371 e. The Labute approximate surface area is 185 Å². The van der Waals surface area contributed by atoms with Crippen LogP contribution in [-0.4, -0.2) is 76.6 Å². The van der Waals surface area contributed by atoms with Crippen molar-refractivity contribution in [3.63, 3.8) is 0 Å². The second-order valence-electron chi connectivity index (χ2n) is 9.02. The third-order valence-electron chi connectivity index (χ3n) is 6.17. The van der Waals surface area contributed by atoms with Crippen molar-refractivity contribution in [3.05, 3.63) is 32.6 Å². The SMILES string of the molecule is Cc1cn([C@@H]2CO[C@H](CNC(=O)CCN3CCCC3=O)[C@H]3OC(C)(C)O[C@H]32)c(=O)[nH]c1=O. The summed E-state index contributed by atoms with van der Waals surface area (Å²) >= 11 is 0. The van der Waals surface area contributed by atoms with Gasteiger partial charge in [0.2, 0.25) is 11.8 Å². The van der Waals surface area contributed by atoms with Crippen molar-refractivity contribution < 1.29 is 23.8 Å². The maximum atomic E-state index is 12.4. The monoisotopic (exact) mass is 450 g/mol. The molecule has 176 valence electrons. The lowest BCUT2D eigenvalue weighted by Crippen LogP contribution is -2.54. The normalized spacial score (nSPS) is 29.2. The summed E-state index contributed by atoms with van der Waals surface area (Å²) in [5.74, 6) is -0.966. The van der Waals surface area contributed by atoms with Crippen molar-refractivity contribution in [3.8, 4) is 0 Å². The first-order valence-corrected chi connectivity index (χ1v) is 11.0. The maximum absolute atomic E-state index is 12.4. The van der Waals surface area contributed by atoms with Gasteiger partial charge in [-0.15, -0.1) is 0 Å². The minimum atomic E-state index is -0.888. The Balaban J connectivity index is 1.41. The Morgan fingerprint density at radius 3 is 2.72 bits per heavy atom. The summed E-state index contributed by atoms with van der Waals surface area (Å²) in [7, 11) is 0. The number of hydrogen-bond acceptors (Lipinski definition) is 7. The molecule has 0 bridgehead atoms. The zero-order chi connectivity index (χ0) is 23.0. The second kappa shape index (κ2) is 8.80. The predicted molar refractivity (Wildman–Crippen MR) is 112 cm³/mol. The largest absolute Gasteiger partial charge is 0.371 e. The molecule has 0 saturated carbocycles. The van der Waals surface area contributed by atoms with Crippen LogP contribution in [0.5, 0.6) is 0 Å². The number of nitrogens with one attached hydrogen (secondary N) is 2. The summed E-state index contributed by atoms with van der Waals surface area (Å²) in [4.78, 5) is 52.2. The standard InChI is InChI=1S/C21H30N4O7/c1-12-10-25(20(29)23-19(12)28)13-11-30-14(18-17(13)31-21(2,3)32-18)9-22-15(26)6-8-24-7-4-5-16(24)27/h10,13-14,17-18H,4-9,11H2,1-3H3,(H,22,26)(H,23,28,29)/t13-,14-,17+,18-/m1/s1. The molecule has 1 aromatic rings. The van der Waals surface area contributed by atoms with Crippen LogP contribution in [0.4, 0.5) is 0 Å². The van der Waals surface area contributed by atoms with E-state index < -0.39 is 41.4 Å². The third kappa shape index (κ3) is 4.64. The van der Waals surface area contributed by atoms with Crippen LogP contribution in [0.2, 0.25) is 0 Å². The highest BCUT2D eigenvalue weighted by atomic mass is 16.8. The number of likely N-dealkylation sites (tertiary alicyclic amines) is 1. The van der Waals surface area contributed by atoms with Crippen LogP contribution in [0.1, 0.15) is 44.7 Å². The highest BCUT2D eigenvalue weighted by molar-refractivity contribution is 5.80. The molecule has 0 aromatic carbocycles. The van der Waals surface area contributed by atoms with Crippen molar-refractivity contribution in [1.82, 2.24) is 19.8 Å². The zero-order valence-electron chi connectivity index (χ0n) is 18.6. The van der Waals surface area contributed by atoms with E-state index in [1.807, 2.05) is 0 Å². The lowest BCUT2D eigenvalue weighted by molar-refractivity contribution is -0.153. The number of carbonyl (C=O) groups is 2. The first-order valence-electron chi connectivity index (χ1n) is 11.0. The molecule has 2 N–H and O–H groups in total. The van der Waals surface area contributed by atoms with Crippen molar-refractivity contribution >= 4 is 11.8 Å². The topological polar surface area (TPSA) is 132 Å². The van der Waals surface area contributed by atoms with Crippen LogP contribution in [0, 0.1) is 6.92 Å². The highest BCUT2D eigenvalue weighted by Gasteiger charge is 2.52. The molecule has 3 aliphatic heterocycles. The molecule has 0 radical (unpaired) electrons. The molecule has 3 fully saturated rings. The Bertz CT molecular complexity index is 1000. The average Bonchev–Trinajstić information content (AvgIpc) is 3.28. The molecule has 4 heterocycles. The molecule has 3 aliphatic rings. The van der Waals surface area contributed by atoms with E-state index in [0.717, 1.165) is 6.42 Å². The number of ether oxygens (including phenoxy) is 3. The van der Waals surface area contributed by atoms with E-state index in [1.165, 1.54) is 10.8 Å². The van der Waals surface area contributed by atoms with E-state index in [0.29, 0.717) is 25.1 Å². The van der Waals surface area contributed by atoms with Gasteiger partial charge in [0.1, 0.15) is 18.3 Å². The highest BCUT2D eigenvalue weighted by Crippen LogP contribution is 2.39. The minimum absolute atomic E-state index is 0.0915. The Hall–Kier alpha value is -2.50. The van der Waals surface area contributed by atoms with Gasteiger partial charge in [-0.25, -0.2) is 4.79 Å². The third-order valence-corrected chi connectivity index (χ3v) is 6.17. The number of nitrogens with zero attached hydrogens (tertiary/aromatic N) is 2. The molecule has 0 spiro atoms. The van der Waals surface area contributed by atoms with E-state index in [2.05, 4.69) is 10.3 Å². The molecular weight excluding hydrogens is 420 g/mol.